The minimum absolute atomic E-state index is 0.160. The molecule has 4 nitrogen and oxygen atoms in total. The Balaban J connectivity index is 2.39. The number of nitrogens with zero attached hydrogens (tertiary/aromatic N) is 1. The van der Waals surface area contributed by atoms with Gasteiger partial charge in [-0.2, -0.15) is 0 Å². The molecule has 1 heterocycles. The van der Waals surface area contributed by atoms with Crippen LogP contribution in [0.15, 0.2) is 0 Å². The molecule has 1 aliphatic heterocycles. The van der Waals surface area contributed by atoms with Gasteiger partial charge < -0.3 is 15.4 Å². The van der Waals surface area contributed by atoms with Crippen LogP contribution in [0.2, 0.25) is 0 Å². The lowest BCUT2D eigenvalue weighted by Gasteiger charge is -2.17. The molecule has 0 atom stereocenters. The summed E-state index contributed by atoms with van der Waals surface area (Å²) in [6.07, 6.45) is 0.500. The van der Waals surface area contributed by atoms with Crippen LogP contribution < -0.4 is 5.73 Å². The molecule has 1 aliphatic rings. The smallest absolute Gasteiger partial charge is 0.225 e. The van der Waals surface area contributed by atoms with Crippen LogP contribution in [0.4, 0.5) is 0 Å². The van der Waals surface area contributed by atoms with Crippen molar-refractivity contribution in [2.45, 2.75) is 6.42 Å². The second kappa shape index (κ2) is 4.31. The summed E-state index contributed by atoms with van der Waals surface area (Å²) < 4.78 is 5.14. The molecule has 0 aromatic carbocycles. The second-order valence-electron chi connectivity index (χ2n) is 2.53. The first-order valence-electron chi connectivity index (χ1n) is 3.90. The molecule has 11 heavy (non-hydrogen) atoms. The van der Waals surface area contributed by atoms with Gasteiger partial charge in [0.25, 0.3) is 0 Å². The molecule has 0 aliphatic carbocycles. The van der Waals surface area contributed by atoms with E-state index in [-0.39, 0.29) is 5.91 Å². The van der Waals surface area contributed by atoms with Crippen LogP contribution in [0, 0.1) is 0 Å². The highest BCUT2D eigenvalue weighted by atomic mass is 16.5. The Bertz CT molecular complexity index is 138. The summed E-state index contributed by atoms with van der Waals surface area (Å²) in [5.41, 5.74) is 5.34. The molecule has 1 rings (SSSR count). The van der Waals surface area contributed by atoms with Gasteiger partial charge in [0.05, 0.1) is 19.6 Å². The van der Waals surface area contributed by atoms with Crippen LogP contribution in [0.5, 0.6) is 0 Å². The average molecular weight is 158 g/mol. The Morgan fingerprint density at radius 1 is 1.55 bits per heavy atom. The van der Waals surface area contributed by atoms with Gasteiger partial charge in [0.15, 0.2) is 0 Å². The largest absolute Gasteiger partial charge is 0.379 e. The van der Waals surface area contributed by atoms with E-state index in [1.165, 1.54) is 0 Å². The first kappa shape index (κ1) is 8.49. The molecule has 0 aromatic heterocycles. The number of hydrogen-bond donors (Lipinski definition) is 1. The van der Waals surface area contributed by atoms with E-state index in [0.29, 0.717) is 39.3 Å². The molecule has 0 unspecified atom stereocenters. The van der Waals surface area contributed by atoms with Gasteiger partial charge in [0, 0.05) is 19.6 Å². The molecule has 1 fully saturated rings. The molecule has 64 valence electrons. The zero-order valence-corrected chi connectivity index (χ0v) is 6.58. The Morgan fingerprint density at radius 3 is 3.09 bits per heavy atom. The van der Waals surface area contributed by atoms with Crippen LogP contribution in [0.25, 0.3) is 0 Å². The van der Waals surface area contributed by atoms with Crippen molar-refractivity contribution in [3.8, 4) is 0 Å². The van der Waals surface area contributed by atoms with Crippen molar-refractivity contribution in [3.05, 3.63) is 0 Å². The first-order chi connectivity index (χ1) is 5.34. The number of ether oxygens (including phenoxy) is 1. The quantitative estimate of drug-likeness (QED) is 0.572. The Morgan fingerprint density at radius 2 is 2.36 bits per heavy atom. The van der Waals surface area contributed by atoms with E-state index in [4.69, 9.17) is 10.5 Å². The predicted molar refractivity (Wildman–Crippen MR) is 41.1 cm³/mol. The summed E-state index contributed by atoms with van der Waals surface area (Å²) in [6, 6.07) is 0. The lowest BCUT2D eigenvalue weighted by Crippen LogP contribution is -2.35. The first-order valence-corrected chi connectivity index (χ1v) is 3.90. The van der Waals surface area contributed by atoms with E-state index >= 15 is 0 Å². The van der Waals surface area contributed by atoms with Gasteiger partial charge in [-0.05, 0) is 0 Å². The molecule has 4 heteroatoms. The van der Waals surface area contributed by atoms with Crippen LogP contribution in [-0.4, -0.2) is 43.7 Å². The standard InChI is InChI=1S/C7H14N2O2/c8-2-3-9-4-6-11-5-1-7(9)10/h1-6,8H2. The molecule has 2 N–H and O–H groups in total. The molecule has 1 amide bonds. The predicted octanol–water partition coefficient (Wildman–Crippen LogP) is -0.806. The van der Waals surface area contributed by atoms with E-state index in [0.717, 1.165) is 0 Å². The number of carbonyl (C=O) groups is 1. The van der Waals surface area contributed by atoms with Crippen molar-refractivity contribution in [2.75, 3.05) is 32.8 Å². The molecule has 0 aromatic rings. The van der Waals surface area contributed by atoms with Gasteiger partial charge in [-0.15, -0.1) is 0 Å². The summed E-state index contributed by atoms with van der Waals surface area (Å²) in [6.45, 7) is 3.08. The van der Waals surface area contributed by atoms with Crippen molar-refractivity contribution < 1.29 is 9.53 Å². The highest BCUT2D eigenvalue weighted by molar-refractivity contribution is 5.76. The van der Waals surface area contributed by atoms with E-state index < -0.39 is 0 Å². The molecule has 1 saturated heterocycles. The van der Waals surface area contributed by atoms with Crippen molar-refractivity contribution in [1.82, 2.24) is 4.90 Å². The van der Waals surface area contributed by atoms with E-state index in [1.54, 1.807) is 4.90 Å². The van der Waals surface area contributed by atoms with Gasteiger partial charge in [-0.3, -0.25) is 4.79 Å². The molecule has 0 bridgehead atoms. The van der Waals surface area contributed by atoms with Crippen molar-refractivity contribution >= 4 is 5.91 Å². The maximum atomic E-state index is 11.2. The minimum Gasteiger partial charge on any atom is -0.379 e. The Labute approximate surface area is 66.3 Å². The van der Waals surface area contributed by atoms with Gasteiger partial charge in [-0.1, -0.05) is 0 Å². The van der Waals surface area contributed by atoms with Crippen molar-refractivity contribution in [1.29, 1.82) is 0 Å². The summed E-state index contributed by atoms with van der Waals surface area (Å²) >= 11 is 0. The van der Waals surface area contributed by atoms with E-state index in [1.807, 2.05) is 0 Å². The number of amides is 1. The third-order valence-corrected chi connectivity index (χ3v) is 1.72. The van der Waals surface area contributed by atoms with Gasteiger partial charge in [0.1, 0.15) is 0 Å². The summed E-state index contributed by atoms with van der Waals surface area (Å²) in [5, 5.41) is 0. The van der Waals surface area contributed by atoms with Gasteiger partial charge in [0.2, 0.25) is 5.91 Å². The third kappa shape index (κ3) is 2.48. The molecule has 0 spiro atoms. The third-order valence-electron chi connectivity index (χ3n) is 1.72. The van der Waals surface area contributed by atoms with Crippen LogP contribution >= 0.6 is 0 Å². The van der Waals surface area contributed by atoms with Gasteiger partial charge in [-0.25, -0.2) is 0 Å². The summed E-state index contributed by atoms with van der Waals surface area (Å²) in [4.78, 5) is 13.0. The second-order valence-corrected chi connectivity index (χ2v) is 2.53. The molecule has 0 radical (unpaired) electrons. The monoisotopic (exact) mass is 158 g/mol. The molecule has 0 saturated carbocycles. The highest BCUT2D eigenvalue weighted by Gasteiger charge is 2.14. The number of rotatable bonds is 2. The minimum atomic E-state index is 0.160. The summed E-state index contributed by atoms with van der Waals surface area (Å²) in [7, 11) is 0. The molecular weight excluding hydrogens is 144 g/mol. The fraction of sp³-hybridized carbons (Fsp3) is 0.857. The van der Waals surface area contributed by atoms with Crippen LogP contribution in [-0.2, 0) is 9.53 Å². The normalized spacial score (nSPS) is 20.1. The summed E-state index contributed by atoms with van der Waals surface area (Å²) in [5.74, 6) is 0.160. The lowest BCUT2D eigenvalue weighted by atomic mass is 10.4. The fourth-order valence-corrected chi connectivity index (χ4v) is 1.11. The lowest BCUT2D eigenvalue weighted by molar-refractivity contribution is -0.130. The zero-order chi connectivity index (χ0) is 8.10. The van der Waals surface area contributed by atoms with E-state index in [2.05, 4.69) is 0 Å². The van der Waals surface area contributed by atoms with Crippen molar-refractivity contribution in [3.63, 3.8) is 0 Å². The van der Waals surface area contributed by atoms with Crippen LogP contribution in [0.1, 0.15) is 6.42 Å². The zero-order valence-electron chi connectivity index (χ0n) is 6.58. The van der Waals surface area contributed by atoms with E-state index in [9.17, 15) is 4.79 Å². The van der Waals surface area contributed by atoms with Crippen molar-refractivity contribution in [2.24, 2.45) is 5.73 Å². The SMILES string of the molecule is NCCN1CCOCCC1=O. The maximum Gasteiger partial charge on any atom is 0.225 e. The number of nitrogens with two attached hydrogens (primary N) is 1. The number of hydrogen-bond acceptors (Lipinski definition) is 3. The Hall–Kier alpha value is -0.610. The highest BCUT2D eigenvalue weighted by Crippen LogP contribution is 1.99. The van der Waals surface area contributed by atoms with Crippen LogP contribution in [0.3, 0.4) is 0 Å². The number of carbonyl (C=O) groups excluding carboxylic acids is 1. The maximum absolute atomic E-state index is 11.2. The average Bonchev–Trinajstić information content (AvgIpc) is 2.18. The molecular formula is C7H14N2O2. The fourth-order valence-electron chi connectivity index (χ4n) is 1.11. The van der Waals surface area contributed by atoms with Gasteiger partial charge >= 0.3 is 0 Å². The Kier molecular flexibility index (Phi) is 3.32. The topological polar surface area (TPSA) is 55.6 Å².